The summed E-state index contributed by atoms with van der Waals surface area (Å²) in [6.07, 6.45) is 2.20. The number of carbonyl (C=O) groups excluding carboxylic acids is 2. The number of hydrogen-bond acceptors (Lipinski definition) is 2. The Bertz CT molecular complexity index is 569. The summed E-state index contributed by atoms with van der Waals surface area (Å²) < 4.78 is 0. The molecule has 0 aromatic heterocycles. The largest absolute Gasteiger partial charge is 0.356 e. The Morgan fingerprint density at radius 1 is 1.29 bits per heavy atom. The van der Waals surface area contributed by atoms with Crippen molar-refractivity contribution in [3.63, 3.8) is 0 Å². The molecule has 1 aliphatic rings. The van der Waals surface area contributed by atoms with Gasteiger partial charge in [-0.15, -0.1) is 0 Å². The van der Waals surface area contributed by atoms with Crippen molar-refractivity contribution in [3.8, 4) is 0 Å². The first-order valence-electron chi connectivity index (χ1n) is 8.53. The Balaban J connectivity index is 1.70. The number of likely N-dealkylation sites (tertiary alicyclic amines) is 1. The van der Waals surface area contributed by atoms with Crippen molar-refractivity contribution in [2.24, 2.45) is 5.92 Å². The van der Waals surface area contributed by atoms with Crippen LogP contribution in [0.2, 0.25) is 5.02 Å². The van der Waals surface area contributed by atoms with Gasteiger partial charge in [0.2, 0.25) is 5.91 Å². The lowest BCUT2D eigenvalue weighted by Gasteiger charge is -2.32. The molecule has 1 saturated heterocycles. The van der Waals surface area contributed by atoms with E-state index in [1.165, 1.54) is 0 Å². The fourth-order valence-corrected chi connectivity index (χ4v) is 3.06. The number of carbonyl (C=O) groups is 2. The number of halogens is 1. The number of piperidine rings is 1. The second kappa shape index (κ2) is 8.92. The summed E-state index contributed by atoms with van der Waals surface area (Å²) in [5.74, 6) is 0.0772. The minimum Gasteiger partial charge on any atom is -0.356 e. The van der Waals surface area contributed by atoms with Crippen LogP contribution in [0.3, 0.4) is 0 Å². The molecule has 1 heterocycles. The zero-order valence-corrected chi connectivity index (χ0v) is 15.1. The van der Waals surface area contributed by atoms with Crippen molar-refractivity contribution in [3.05, 3.63) is 34.9 Å². The summed E-state index contributed by atoms with van der Waals surface area (Å²) in [6, 6.07) is 7.77. The highest BCUT2D eigenvalue weighted by atomic mass is 35.5. The number of amides is 3. The molecule has 1 aliphatic heterocycles. The zero-order chi connectivity index (χ0) is 17.5. The highest BCUT2D eigenvalue weighted by molar-refractivity contribution is 6.30. The van der Waals surface area contributed by atoms with Crippen molar-refractivity contribution in [2.75, 3.05) is 19.6 Å². The second-order valence-corrected chi connectivity index (χ2v) is 6.97. The second-order valence-electron chi connectivity index (χ2n) is 6.54. The minimum absolute atomic E-state index is 0.00698. The first-order valence-corrected chi connectivity index (χ1v) is 8.91. The quantitative estimate of drug-likeness (QED) is 0.856. The molecule has 24 heavy (non-hydrogen) atoms. The van der Waals surface area contributed by atoms with Crippen molar-refractivity contribution in [1.82, 2.24) is 15.5 Å². The molecular formula is C18H26ClN3O2. The molecule has 0 spiro atoms. The van der Waals surface area contributed by atoms with E-state index in [0.717, 1.165) is 12.0 Å². The lowest BCUT2D eigenvalue weighted by Crippen LogP contribution is -2.48. The van der Waals surface area contributed by atoms with E-state index in [1.807, 2.05) is 38.1 Å². The molecule has 2 N–H and O–H groups in total. The SMILES string of the molecule is CC(C)NC(=O)N1CCC(C(=O)NCCc2cccc(Cl)c2)CC1. The van der Waals surface area contributed by atoms with Crippen molar-refractivity contribution >= 4 is 23.5 Å². The summed E-state index contributed by atoms with van der Waals surface area (Å²) in [6.45, 7) is 5.75. The molecule has 0 saturated carbocycles. The van der Waals surface area contributed by atoms with Crippen LogP contribution >= 0.6 is 11.6 Å². The Kier molecular flexibility index (Phi) is 6.91. The Morgan fingerprint density at radius 2 is 2.00 bits per heavy atom. The molecule has 0 aliphatic carbocycles. The molecule has 2 rings (SSSR count). The molecule has 1 aromatic carbocycles. The van der Waals surface area contributed by atoms with Gasteiger partial charge in [0.25, 0.3) is 0 Å². The van der Waals surface area contributed by atoms with Crippen LogP contribution in [0.1, 0.15) is 32.3 Å². The molecule has 3 amide bonds. The number of hydrogen-bond donors (Lipinski definition) is 2. The molecule has 0 atom stereocenters. The van der Waals surface area contributed by atoms with E-state index in [0.29, 0.717) is 37.5 Å². The third-order valence-corrected chi connectivity index (χ3v) is 4.40. The maximum absolute atomic E-state index is 12.3. The number of nitrogens with zero attached hydrogens (tertiary/aromatic N) is 1. The molecule has 132 valence electrons. The Morgan fingerprint density at radius 3 is 2.62 bits per heavy atom. The predicted molar refractivity (Wildman–Crippen MR) is 96.1 cm³/mol. The standard InChI is InChI=1S/C18H26ClN3O2/c1-13(2)21-18(24)22-10-7-15(8-11-22)17(23)20-9-6-14-4-3-5-16(19)12-14/h3-5,12-13,15H,6-11H2,1-2H3,(H,20,23)(H,21,24). The molecule has 1 fully saturated rings. The van der Waals surface area contributed by atoms with Gasteiger partial charge in [0.05, 0.1) is 0 Å². The Hall–Kier alpha value is -1.75. The smallest absolute Gasteiger partial charge is 0.317 e. The fourth-order valence-electron chi connectivity index (χ4n) is 2.85. The van der Waals surface area contributed by atoms with E-state index >= 15 is 0 Å². The van der Waals surface area contributed by atoms with E-state index in [1.54, 1.807) is 4.90 Å². The number of urea groups is 1. The van der Waals surface area contributed by atoms with Gasteiger partial charge in [0.15, 0.2) is 0 Å². The number of rotatable bonds is 5. The van der Waals surface area contributed by atoms with Crippen LogP contribution in [0.15, 0.2) is 24.3 Å². The average Bonchev–Trinajstić information content (AvgIpc) is 2.54. The average molecular weight is 352 g/mol. The summed E-state index contributed by atoms with van der Waals surface area (Å²) in [7, 11) is 0. The van der Waals surface area contributed by atoms with Gasteiger partial charge in [-0.2, -0.15) is 0 Å². The van der Waals surface area contributed by atoms with Crippen molar-refractivity contribution in [2.45, 2.75) is 39.2 Å². The van der Waals surface area contributed by atoms with E-state index < -0.39 is 0 Å². The lowest BCUT2D eigenvalue weighted by molar-refractivity contribution is -0.126. The predicted octanol–water partition coefficient (Wildman–Crippen LogP) is 2.83. The highest BCUT2D eigenvalue weighted by Gasteiger charge is 2.27. The molecule has 0 radical (unpaired) electrons. The molecule has 0 unspecified atom stereocenters. The van der Waals surface area contributed by atoms with E-state index in [4.69, 9.17) is 11.6 Å². The fraction of sp³-hybridized carbons (Fsp3) is 0.556. The normalized spacial score (nSPS) is 15.4. The summed E-state index contributed by atoms with van der Waals surface area (Å²) in [4.78, 5) is 26.0. The van der Waals surface area contributed by atoms with Crippen LogP contribution in [0.5, 0.6) is 0 Å². The van der Waals surface area contributed by atoms with E-state index in [-0.39, 0.29) is 23.9 Å². The highest BCUT2D eigenvalue weighted by Crippen LogP contribution is 2.17. The molecule has 5 nitrogen and oxygen atoms in total. The summed E-state index contributed by atoms with van der Waals surface area (Å²) in [5.41, 5.74) is 1.11. The topological polar surface area (TPSA) is 61.4 Å². The minimum atomic E-state index is -0.0372. The molecular weight excluding hydrogens is 326 g/mol. The van der Waals surface area contributed by atoms with Gasteiger partial charge in [-0.25, -0.2) is 4.79 Å². The van der Waals surface area contributed by atoms with Crippen molar-refractivity contribution < 1.29 is 9.59 Å². The lowest BCUT2D eigenvalue weighted by atomic mass is 9.96. The Labute approximate surface area is 148 Å². The maximum Gasteiger partial charge on any atom is 0.317 e. The zero-order valence-electron chi connectivity index (χ0n) is 14.3. The van der Waals surface area contributed by atoms with E-state index in [9.17, 15) is 9.59 Å². The van der Waals surface area contributed by atoms with Gasteiger partial charge in [-0.05, 0) is 50.8 Å². The first-order chi connectivity index (χ1) is 11.5. The van der Waals surface area contributed by atoms with Crippen molar-refractivity contribution in [1.29, 1.82) is 0 Å². The van der Waals surface area contributed by atoms with Gasteiger partial charge in [-0.3, -0.25) is 4.79 Å². The first kappa shape index (κ1) is 18.6. The van der Waals surface area contributed by atoms with Gasteiger partial charge >= 0.3 is 6.03 Å². The molecule has 1 aromatic rings. The van der Waals surface area contributed by atoms with Crippen LogP contribution in [0, 0.1) is 5.92 Å². The van der Waals surface area contributed by atoms with Gasteiger partial charge in [-0.1, -0.05) is 23.7 Å². The summed E-state index contributed by atoms with van der Waals surface area (Å²) >= 11 is 5.95. The maximum atomic E-state index is 12.3. The molecule has 0 bridgehead atoms. The van der Waals surface area contributed by atoms with Crippen LogP contribution < -0.4 is 10.6 Å². The van der Waals surface area contributed by atoms with Gasteiger partial charge in [0.1, 0.15) is 0 Å². The molecule has 6 heteroatoms. The van der Waals surface area contributed by atoms with Gasteiger partial charge in [0, 0.05) is 36.6 Å². The van der Waals surface area contributed by atoms with E-state index in [2.05, 4.69) is 10.6 Å². The van der Waals surface area contributed by atoms with Crippen LogP contribution in [0.4, 0.5) is 4.79 Å². The van der Waals surface area contributed by atoms with Crippen LogP contribution in [-0.4, -0.2) is 42.5 Å². The van der Waals surface area contributed by atoms with Crippen LogP contribution in [-0.2, 0) is 11.2 Å². The number of nitrogens with one attached hydrogen (secondary N) is 2. The third kappa shape index (κ3) is 5.71. The summed E-state index contributed by atoms with van der Waals surface area (Å²) in [5, 5.41) is 6.60. The third-order valence-electron chi connectivity index (χ3n) is 4.17. The van der Waals surface area contributed by atoms with Gasteiger partial charge < -0.3 is 15.5 Å². The monoisotopic (exact) mass is 351 g/mol. The number of benzene rings is 1. The van der Waals surface area contributed by atoms with Crippen LogP contribution in [0.25, 0.3) is 0 Å².